The number of rotatable bonds is 7. The van der Waals surface area contributed by atoms with Crippen LogP contribution in [0.25, 0.3) is 11.5 Å². The lowest BCUT2D eigenvalue weighted by Crippen LogP contribution is -2.13. The molecule has 1 N–H and O–H groups in total. The fourth-order valence-corrected chi connectivity index (χ4v) is 1.96. The molecule has 0 aliphatic heterocycles. The first-order chi connectivity index (χ1) is 9.80. The minimum Gasteiger partial charge on any atom is -0.496 e. The molecule has 0 spiro atoms. The Bertz CT molecular complexity index is 530. The van der Waals surface area contributed by atoms with Crippen LogP contribution in [0.5, 0.6) is 11.5 Å². The summed E-state index contributed by atoms with van der Waals surface area (Å²) in [6.07, 6.45) is 2.74. The highest BCUT2D eigenvalue weighted by Crippen LogP contribution is 2.37. The molecule has 0 amide bonds. The second-order valence-electron chi connectivity index (χ2n) is 4.36. The average Bonchev–Trinajstić information content (AvgIpc) is 2.95. The van der Waals surface area contributed by atoms with Gasteiger partial charge in [0.1, 0.15) is 23.3 Å². The fourth-order valence-electron chi connectivity index (χ4n) is 1.96. The fraction of sp³-hybridized carbons (Fsp3) is 0.400. The van der Waals surface area contributed by atoms with Crippen LogP contribution in [0.3, 0.4) is 0 Å². The number of ether oxygens (including phenoxy) is 2. The van der Waals surface area contributed by atoms with Gasteiger partial charge in [-0.3, -0.25) is 0 Å². The summed E-state index contributed by atoms with van der Waals surface area (Å²) in [5.74, 6) is 1.87. The lowest BCUT2D eigenvalue weighted by molar-refractivity contribution is 0.394. The monoisotopic (exact) mass is 276 g/mol. The molecule has 108 valence electrons. The van der Waals surface area contributed by atoms with Crippen molar-refractivity contribution in [1.82, 2.24) is 10.3 Å². The molecule has 0 saturated carbocycles. The predicted octanol–water partition coefficient (Wildman–Crippen LogP) is 2.86. The van der Waals surface area contributed by atoms with Crippen molar-refractivity contribution in [3.63, 3.8) is 0 Å². The highest BCUT2D eigenvalue weighted by atomic mass is 16.5. The van der Waals surface area contributed by atoms with Crippen LogP contribution in [0.2, 0.25) is 0 Å². The van der Waals surface area contributed by atoms with E-state index in [4.69, 9.17) is 13.9 Å². The molecule has 0 aliphatic rings. The molecule has 0 aliphatic carbocycles. The van der Waals surface area contributed by atoms with Gasteiger partial charge in [0, 0.05) is 6.54 Å². The number of benzene rings is 1. The third-order valence-corrected chi connectivity index (χ3v) is 2.93. The third kappa shape index (κ3) is 3.11. The summed E-state index contributed by atoms with van der Waals surface area (Å²) < 4.78 is 16.3. The van der Waals surface area contributed by atoms with Gasteiger partial charge >= 0.3 is 0 Å². The van der Waals surface area contributed by atoms with E-state index in [-0.39, 0.29) is 0 Å². The number of methoxy groups -OCH3 is 2. The Kier molecular flexibility index (Phi) is 5.01. The third-order valence-electron chi connectivity index (χ3n) is 2.93. The van der Waals surface area contributed by atoms with Gasteiger partial charge in [-0.2, -0.15) is 0 Å². The molecule has 0 radical (unpaired) electrons. The smallest absolute Gasteiger partial charge is 0.233 e. The number of nitrogens with one attached hydrogen (secondary N) is 1. The van der Waals surface area contributed by atoms with Gasteiger partial charge in [0.15, 0.2) is 0 Å². The molecular weight excluding hydrogens is 256 g/mol. The molecular formula is C15H20N2O3. The summed E-state index contributed by atoms with van der Waals surface area (Å²) in [6.45, 7) is 3.77. The molecule has 0 unspecified atom stereocenters. The van der Waals surface area contributed by atoms with Crippen LogP contribution >= 0.6 is 0 Å². The summed E-state index contributed by atoms with van der Waals surface area (Å²) in [6, 6.07) is 5.59. The maximum absolute atomic E-state index is 5.56. The molecule has 0 bridgehead atoms. The molecule has 5 heteroatoms. The second kappa shape index (κ2) is 6.96. The van der Waals surface area contributed by atoms with Crippen molar-refractivity contribution in [2.24, 2.45) is 0 Å². The summed E-state index contributed by atoms with van der Waals surface area (Å²) in [7, 11) is 3.23. The Hall–Kier alpha value is -2.01. The highest BCUT2D eigenvalue weighted by molar-refractivity contribution is 5.70. The zero-order valence-electron chi connectivity index (χ0n) is 12.1. The van der Waals surface area contributed by atoms with Crippen molar-refractivity contribution in [1.29, 1.82) is 0 Å². The SMILES string of the molecule is CCCNCc1coc(-c2c(OC)cccc2OC)n1. The van der Waals surface area contributed by atoms with Crippen LogP contribution in [-0.4, -0.2) is 25.7 Å². The maximum atomic E-state index is 5.56. The lowest BCUT2D eigenvalue weighted by Gasteiger charge is -2.09. The molecule has 0 fully saturated rings. The van der Waals surface area contributed by atoms with Gasteiger partial charge < -0.3 is 19.2 Å². The minimum atomic E-state index is 0.507. The zero-order chi connectivity index (χ0) is 14.4. The second-order valence-corrected chi connectivity index (χ2v) is 4.36. The van der Waals surface area contributed by atoms with E-state index in [0.717, 1.165) is 24.2 Å². The Labute approximate surface area is 118 Å². The van der Waals surface area contributed by atoms with Gasteiger partial charge in [-0.05, 0) is 25.1 Å². The van der Waals surface area contributed by atoms with Gasteiger partial charge in [-0.1, -0.05) is 13.0 Å². The normalized spacial score (nSPS) is 10.6. The van der Waals surface area contributed by atoms with Crippen molar-refractivity contribution < 1.29 is 13.9 Å². The van der Waals surface area contributed by atoms with E-state index in [0.29, 0.717) is 23.9 Å². The van der Waals surface area contributed by atoms with Gasteiger partial charge in [0.2, 0.25) is 5.89 Å². The first kappa shape index (κ1) is 14.4. The molecule has 1 aromatic heterocycles. The van der Waals surface area contributed by atoms with Crippen LogP contribution in [0, 0.1) is 0 Å². The minimum absolute atomic E-state index is 0.507. The molecule has 0 saturated heterocycles. The largest absolute Gasteiger partial charge is 0.496 e. The maximum Gasteiger partial charge on any atom is 0.233 e. The van der Waals surface area contributed by atoms with E-state index in [9.17, 15) is 0 Å². The van der Waals surface area contributed by atoms with E-state index in [1.165, 1.54) is 0 Å². The first-order valence-electron chi connectivity index (χ1n) is 6.66. The van der Waals surface area contributed by atoms with Crippen LogP contribution in [0.4, 0.5) is 0 Å². The Morgan fingerprint density at radius 3 is 2.50 bits per heavy atom. The molecule has 1 aromatic carbocycles. The van der Waals surface area contributed by atoms with Crippen molar-refractivity contribution in [2.75, 3.05) is 20.8 Å². The number of hydrogen-bond donors (Lipinski definition) is 1. The van der Waals surface area contributed by atoms with Crippen molar-refractivity contribution in [3.8, 4) is 23.0 Å². The molecule has 20 heavy (non-hydrogen) atoms. The van der Waals surface area contributed by atoms with E-state index in [2.05, 4.69) is 17.2 Å². The standard InChI is InChI=1S/C15H20N2O3/c1-4-8-16-9-11-10-20-15(17-11)14-12(18-2)6-5-7-13(14)19-3/h5-7,10,16H,4,8-9H2,1-3H3. The van der Waals surface area contributed by atoms with Crippen molar-refractivity contribution in [3.05, 3.63) is 30.2 Å². The average molecular weight is 276 g/mol. The molecule has 2 rings (SSSR count). The topological polar surface area (TPSA) is 56.5 Å². The molecule has 5 nitrogen and oxygen atoms in total. The Morgan fingerprint density at radius 1 is 1.20 bits per heavy atom. The summed E-state index contributed by atoms with van der Waals surface area (Å²) in [5.41, 5.74) is 1.60. The van der Waals surface area contributed by atoms with E-state index < -0.39 is 0 Å². The van der Waals surface area contributed by atoms with Crippen LogP contribution < -0.4 is 14.8 Å². The molecule has 0 atom stereocenters. The number of oxazole rings is 1. The van der Waals surface area contributed by atoms with Crippen molar-refractivity contribution >= 4 is 0 Å². The van der Waals surface area contributed by atoms with Gasteiger partial charge in [-0.15, -0.1) is 0 Å². The van der Waals surface area contributed by atoms with Crippen LogP contribution in [0.1, 0.15) is 19.0 Å². The summed E-state index contributed by atoms with van der Waals surface area (Å²) in [5, 5.41) is 3.29. The summed E-state index contributed by atoms with van der Waals surface area (Å²) in [4.78, 5) is 4.48. The van der Waals surface area contributed by atoms with Crippen LogP contribution in [-0.2, 0) is 6.54 Å². The number of hydrogen-bond acceptors (Lipinski definition) is 5. The quantitative estimate of drug-likeness (QED) is 0.788. The van der Waals surface area contributed by atoms with Crippen molar-refractivity contribution in [2.45, 2.75) is 19.9 Å². The van der Waals surface area contributed by atoms with Gasteiger partial charge in [-0.25, -0.2) is 4.98 Å². The van der Waals surface area contributed by atoms with Gasteiger partial charge in [0.05, 0.1) is 19.9 Å². The Morgan fingerprint density at radius 2 is 1.90 bits per heavy atom. The van der Waals surface area contributed by atoms with E-state index >= 15 is 0 Å². The van der Waals surface area contributed by atoms with Crippen LogP contribution in [0.15, 0.2) is 28.9 Å². The highest BCUT2D eigenvalue weighted by Gasteiger charge is 2.17. The van der Waals surface area contributed by atoms with Gasteiger partial charge in [0.25, 0.3) is 0 Å². The molecule has 1 heterocycles. The zero-order valence-corrected chi connectivity index (χ0v) is 12.1. The Balaban J connectivity index is 2.27. The van der Waals surface area contributed by atoms with E-state index in [1.807, 2.05) is 18.2 Å². The van der Waals surface area contributed by atoms with E-state index in [1.54, 1.807) is 20.5 Å². The summed E-state index contributed by atoms with van der Waals surface area (Å²) >= 11 is 0. The predicted molar refractivity (Wildman–Crippen MR) is 77.0 cm³/mol. The molecule has 2 aromatic rings. The number of aromatic nitrogens is 1. The lowest BCUT2D eigenvalue weighted by atomic mass is 10.1. The number of nitrogens with zero attached hydrogens (tertiary/aromatic N) is 1. The first-order valence-corrected chi connectivity index (χ1v) is 6.66.